The van der Waals surface area contributed by atoms with Crippen molar-refractivity contribution < 1.29 is 4.79 Å². The second-order valence-electron chi connectivity index (χ2n) is 6.73. The van der Waals surface area contributed by atoms with Gasteiger partial charge in [-0.25, -0.2) is 0 Å². The Morgan fingerprint density at radius 3 is 2.62 bits per heavy atom. The largest absolute Gasteiger partial charge is 0.326 e. The molecule has 2 heterocycles. The maximum absolute atomic E-state index is 12.5. The number of carbonyl (C=O) groups is 1. The van der Waals surface area contributed by atoms with Gasteiger partial charge in [0.25, 0.3) is 0 Å². The molecule has 7 heteroatoms. The van der Waals surface area contributed by atoms with E-state index >= 15 is 0 Å². The molecule has 0 aliphatic heterocycles. The van der Waals surface area contributed by atoms with Gasteiger partial charge in [-0.15, -0.1) is 10.2 Å². The van der Waals surface area contributed by atoms with Gasteiger partial charge in [-0.05, 0) is 36.8 Å². The summed E-state index contributed by atoms with van der Waals surface area (Å²) in [5.74, 6) is 1.52. The lowest BCUT2D eigenvalue weighted by Crippen LogP contribution is -2.15. The van der Waals surface area contributed by atoms with Crippen LogP contribution in [0.25, 0.3) is 4.96 Å². The maximum Gasteiger partial charge on any atom is 0.234 e. The standard InChI is InChI=1S/C19H23N5OS/c1-3-12-6-5-7-13(4-2)17(12)20-15(25)10-11-16-23-24-18(14-8-9-14)21-22-19(24)26-16/h5-7,14H,3-4,8-11H2,1-2H3,(H,20,25). The number of anilines is 1. The van der Waals surface area contributed by atoms with Crippen molar-refractivity contribution in [2.24, 2.45) is 0 Å². The molecule has 0 saturated heterocycles. The number of para-hydroxylation sites is 1. The summed E-state index contributed by atoms with van der Waals surface area (Å²) in [7, 11) is 0. The third-order valence-corrected chi connectivity index (χ3v) is 5.79. The Labute approximate surface area is 156 Å². The van der Waals surface area contributed by atoms with Gasteiger partial charge in [-0.2, -0.15) is 9.61 Å². The molecule has 1 N–H and O–H groups in total. The third kappa shape index (κ3) is 3.35. The van der Waals surface area contributed by atoms with E-state index in [1.165, 1.54) is 35.3 Å². The predicted molar refractivity (Wildman–Crippen MR) is 103 cm³/mol. The lowest BCUT2D eigenvalue weighted by Gasteiger charge is -2.14. The van der Waals surface area contributed by atoms with E-state index in [2.05, 4.69) is 52.7 Å². The predicted octanol–water partition coefficient (Wildman–Crippen LogP) is 3.76. The number of hydrogen-bond donors (Lipinski definition) is 1. The van der Waals surface area contributed by atoms with E-state index in [0.29, 0.717) is 18.8 Å². The van der Waals surface area contributed by atoms with Gasteiger partial charge >= 0.3 is 0 Å². The average Bonchev–Trinajstić information content (AvgIpc) is 3.29. The minimum Gasteiger partial charge on any atom is -0.326 e. The summed E-state index contributed by atoms with van der Waals surface area (Å²) in [6, 6.07) is 6.22. The Morgan fingerprint density at radius 2 is 1.96 bits per heavy atom. The van der Waals surface area contributed by atoms with Crippen LogP contribution in [0.15, 0.2) is 18.2 Å². The zero-order valence-corrected chi connectivity index (χ0v) is 16.0. The van der Waals surface area contributed by atoms with E-state index in [9.17, 15) is 4.79 Å². The van der Waals surface area contributed by atoms with Crippen molar-refractivity contribution in [1.29, 1.82) is 0 Å². The molecule has 1 amide bonds. The van der Waals surface area contributed by atoms with Crippen LogP contribution in [0.2, 0.25) is 0 Å². The Morgan fingerprint density at radius 1 is 1.23 bits per heavy atom. The molecule has 0 radical (unpaired) electrons. The van der Waals surface area contributed by atoms with Crippen LogP contribution in [-0.2, 0) is 24.1 Å². The molecule has 4 rings (SSSR count). The lowest BCUT2D eigenvalue weighted by molar-refractivity contribution is -0.116. The Bertz CT molecular complexity index is 918. The van der Waals surface area contributed by atoms with Crippen LogP contribution < -0.4 is 5.32 Å². The van der Waals surface area contributed by atoms with Crippen LogP contribution >= 0.6 is 11.3 Å². The zero-order valence-electron chi connectivity index (χ0n) is 15.2. The van der Waals surface area contributed by atoms with E-state index < -0.39 is 0 Å². The van der Waals surface area contributed by atoms with Crippen molar-refractivity contribution >= 4 is 27.9 Å². The van der Waals surface area contributed by atoms with Gasteiger partial charge < -0.3 is 5.32 Å². The molecule has 136 valence electrons. The van der Waals surface area contributed by atoms with E-state index in [1.54, 1.807) is 0 Å². The summed E-state index contributed by atoms with van der Waals surface area (Å²) in [5, 5.41) is 17.1. The number of amides is 1. The first kappa shape index (κ1) is 17.1. The van der Waals surface area contributed by atoms with Crippen molar-refractivity contribution in [1.82, 2.24) is 19.8 Å². The van der Waals surface area contributed by atoms with Crippen LogP contribution in [0.4, 0.5) is 5.69 Å². The molecule has 2 aromatic heterocycles. The SMILES string of the molecule is CCc1cccc(CC)c1NC(=O)CCc1nn2c(C3CC3)nnc2s1. The highest BCUT2D eigenvalue weighted by Crippen LogP contribution is 2.39. The maximum atomic E-state index is 12.5. The number of aromatic nitrogens is 4. The molecule has 6 nitrogen and oxygen atoms in total. The highest BCUT2D eigenvalue weighted by Gasteiger charge is 2.30. The van der Waals surface area contributed by atoms with Gasteiger partial charge in [-0.3, -0.25) is 4.79 Å². The van der Waals surface area contributed by atoms with Crippen LogP contribution in [0.1, 0.15) is 61.0 Å². The van der Waals surface area contributed by atoms with Gasteiger partial charge in [0.15, 0.2) is 5.82 Å². The Kier molecular flexibility index (Phi) is 4.72. The third-order valence-electron chi connectivity index (χ3n) is 4.83. The number of carbonyl (C=O) groups excluding carboxylic acids is 1. The van der Waals surface area contributed by atoms with Crippen molar-refractivity contribution in [2.45, 2.75) is 58.3 Å². The highest BCUT2D eigenvalue weighted by atomic mass is 32.1. The molecule has 0 spiro atoms. The minimum absolute atomic E-state index is 0.0361. The van der Waals surface area contributed by atoms with Gasteiger partial charge in [0, 0.05) is 24.4 Å². The average molecular weight is 369 g/mol. The zero-order chi connectivity index (χ0) is 18.1. The molecular weight excluding hydrogens is 346 g/mol. The normalized spacial score (nSPS) is 14.1. The summed E-state index contributed by atoms with van der Waals surface area (Å²) in [4.78, 5) is 13.3. The van der Waals surface area contributed by atoms with Crippen molar-refractivity contribution in [3.05, 3.63) is 40.2 Å². The Hall–Kier alpha value is -2.28. The molecule has 1 aliphatic carbocycles. The molecule has 0 unspecified atom stereocenters. The number of rotatable bonds is 7. The van der Waals surface area contributed by atoms with Gasteiger partial charge in [0.05, 0.1) is 0 Å². The van der Waals surface area contributed by atoms with E-state index in [1.807, 2.05) is 4.52 Å². The number of nitrogens with one attached hydrogen (secondary N) is 1. The molecule has 1 saturated carbocycles. The monoisotopic (exact) mass is 369 g/mol. The van der Waals surface area contributed by atoms with Crippen LogP contribution in [0, 0.1) is 0 Å². The first-order valence-corrected chi connectivity index (χ1v) is 10.1. The molecule has 26 heavy (non-hydrogen) atoms. The van der Waals surface area contributed by atoms with E-state index in [4.69, 9.17) is 0 Å². The Balaban J connectivity index is 1.43. The molecule has 0 atom stereocenters. The van der Waals surface area contributed by atoms with Crippen molar-refractivity contribution in [2.75, 3.05) is 5.32 Å². The van der Waals surface area contributed by atoms with Gasteiger partial charge in [-0.1, -0.05) is 43.4 Å². The second-order valence-corrected chi connectivity index (χ2v) is 7.77. The van der Waals surface area contributed by atoms with Gasteiger partial charge in [0.2, 0.25) is 10.9 Å². The topological polar surface area (TPSA) is 72.2 Å². The summed E-state index contributed by atoms with van der Waals surface area (Å²) >= 11 is 1.53. The summed E-state index contributed by atoms with van der Waals surface area (Å²) < 4.78 is 1.86. The first-order chi connectivity index (χ1) is 12.7. The molecular formula is C19H23N5OS. The summed E-state index contributed by atoms with van der Waals surface area (Å²) in [6.45, 7) is 4.22. The molecule has 3 aromatic rings. The second kappa shape index (κ2) is 7.15. The summed E-state index contributed by atoms with van der Waals surface area (Å²) in [5.41, 5.74) is 3.35. The smallest absolute Gasteiger partial charge is 0.234 e. The van der Waals surface area contributed by atoms with Crippen LogP contribution in [0.3, 0.4) is 0 Å². The van der Waals surface area contributed by atoms with Crippen molar-refractivity contribution in [3.63, 3.8) is 0 Å². The number of nitrogens with zero attached hydrogens (tertiary/aromatic N) is 4. The fourth-order valence-corrected chi connectivity index (χ4v) is 4.03. The highest BCUT2D eigenvalue weighted by molar-refractivity contribution is 7.16. The van der Waals surface area contributed by atoms with E-state index in [-0.39, 0.29) is 5.91 Å². The number of hydrogen-bond acceptors (Lipinski definition) is 5. The molecule has 1 fully saturated rings. The fourth-order valence-electron chi connectivity index (χ4n) is 3.19. The van der Waals surface area contributed by atoms with Crippen LogP contribution in [-0.4, -0.2) is 25.7 Å². The van der Waals surface area contributed by atoms with Crippen molar-refractivity contribution in [3.8, 4) is 0 Å². The number of aryl methyl sites for hydroxylation is 3. The lowest BCUT2D eigenvalue weighted by atomic mass is 10.0. The van der Waals surface area contributed by atoms with Crippen LogP contribution in [0.5, 0.6) is 0 Å². The van der Waals surface area contributed by atoms with E-state index in [0.717, 1.165) is 34.3 Å². The molecule has 0 bridgehead atoms. The molecule has 1 aliphatic rings. The summed E-state index contributed by atoms with van der Waals surface area (Å²) in [6.07, 6.45) is 5.21. The quantitative estimate of drug-likeness (QED) is 0.688. The number of fused-ring (bicyclic) bond motifs is 1. The number of benzene rings is 1. The van der Waals surface area contributed by atoms with Gasteiger partial charge in [0.1, 0.15) is 5.01 Å². The fraction of sp³-hybridized carbons (Fsp3) is 0.474. The molecule has 1 aromatic carbocycles. The minimum atomic E-state index is 0.0361. The first-order valence-electron chi connectivity index (χ1n) is 9.31.